The maximum atomic E-state index is 13.0. The summed E-state index contributed by atoms with van der Waals surface area (Å²) in [6.07, 6.45) is 66.7. The van der Waals surface area contributed by atoms with Crippen LogP contribution in [0.3, 0.4) is 0 Å². The summed E-state index contributed by atoms with van der Waals surface area (Å²) in [5.41, 5.74) is 0. The number of allylic oxidation sites excluding steroid dienone is 9. The molecule has 0 aromatic heterocycles. The van der Waals surface area contributed by atoms with Crippen molar-refractivity contribution in [3.05, 3.63) is 60.8 Å². The maximum absolute atomic E-state index is 13.0. The van der Waals surface area contributed by atoms with Gasteiger partial charge in [0.05, 0.1) is 32.0 Å². The molecule has 0 aromatic rings. The van der Waals surface area contributed by atoms with Crippen molar-refractivity contribution in [2.24, 2.45) is 0 Å². The van der Waals surface area contributed by atoms with Gasteiger partial charge in [0.2, 0.25) is 5.91 Å². The van der Waals surface area contributed by atoms with Crippen LogP contribution in [0.15, 0.2) is 60.8 Å². The second-order valence-corrected chi connectivity index (χ2v) is 23.2. The van der Waals surface area contributed by atoms with Gasteiger partial charge in [-0.3, -0.25) is 9.59 Å². The molecule has 0 saturated carbocycles. The van der Waals surface area contributed by atoms with Crippen LogP contribution in [0.25, 0.3) is 0 Å². The van der Waals surface area contributed by atoms with Gasteiger partial charge in [0.1, 0.15) is 24.4 Å². The fourth-order valence-corrected chi connectivity index (χ4v) is 10.3. The Morgan fingerprint density at radius 2 is 0.863 bits per heavy atom. The molecular formula is C69H125NO10. The highest BCUT2D eigenvalue weighted by molar-refractivity contribution is 5.76. The Hall–Kier alpha value is -2.64. The molecule has 0 radical (unpaired) electrons. The molecule has 11 nitrogen and oxygen atoms in total. The number of aliphatic hydroxyl groups is 5. The first-order valence-electron chi connectivity index (χ1n) is 33.5. The van der Waals surface area contributed by atoms with Gasteiger partial charge < -0.3 is 45.1 Å². The smallest absolute Gasteiger partial charge is 0.305 e. The molecule has 1 saturated heterocycles. The second-order valence-electron chi connectivity index (χ2n) is 23.2. The molecule has 7 atom stereocenters. The number of amides is 1. The zero-order chi connectivity index (χ0) is 58.0. The lowest BCUT2D eigenvalue weighted by atomic mass is 9.99. The predicted octanol–water partition coefficient (Wildman–Crippen LogP) is 16.6. The molecule has 0 aromatic carbocycles. The van der Waals surface area contributed by atoms with Gasteiger partial charge in [-0.05, 0) is 103 Å². The van der Waals surface area contributed by atoms with Gasteiger partial charge >= 0.3 is 5.97 Å². The third-order valence-electron chi connectivity index (χ3n) is 15.6. The van der Waals surface area contributed by atoms with Crippen molar-refractivity contribution in [2.45, 2.75) is 346 Å². The highest BCUT2D eigenvalue weighted by Gasteiger charge is 2.44. The zero-order valence-electron chi connectivity index (χ0n) is 51.5. The SMILES string of the molecule is C/C=C/CC/C=C/CC/C=C/C(O)C(COC1OC(CO)C(O)C(O)C1O)NC(=O)CCCCCCCCCCCC/C=C\CCCCCCCCCCCCCCOC(=O)CCCCCCCCC/C=C\CCCCCCCC. The fraction of sp³-hybridized carbons (Fsp3) is 0.826. The van der Waals surface area contributed by atoms with Crippen molar-refractivity contribution in [1.29, 1.82) is 0 Å². The number of nitrogens with one attached hydrogen (secondary N) is 1. The van der Waals surface area contributed by atoms with E-state index in [1.165, 1.54) is 205 Å². The molecule has 6 N–H and O–H groups in total. The van der Waals surface area contributed by atoms with Crippen molar-refractivity contribution < 1.29 is 49.3 Å². The Balaban J connectivity index is 1.94. The minimum atomic E-state index is -1.58. The first-order chi connectivity index (χ1) is 39.2. The summed E-state index contributed by atoms with van der Waals surface area (Å²) in [5.74, 6) is -0.202. The van der Waals surface area contributed by atoms with Crippen LogP contribution in [-0.4, -0.2) is 100 Å². The highest BCUT2D eigenvalue weighted by Crippen LogP contribution is 2.23. The van der Waals surface area contributed by atoms with Gasteiger partial charge in [0.15, 0.2) is 6.29 Å². The molecule has 1 heterocycles. The largest absolute Gasteiger partial charge is 0.466 e. The fourth-order valence-electron chi connectivity index (χ4n) is 10.3. The Morgan fingerprint density at radius 3 is 1.31 bits per heavy atom. The van der Waals surface area contributed by atoms with Gasteiger partial charge in [-0.25, -0.2) is 0 Å². The van der Waals surface area contributed by atoms with Crippen molar-refractivity contribution in [3.63, 3.8) is 0 Å². The molecule has 1 aliphatic heterocycles. The van der Waals surface area contributed by atoms with Gasteiger partial charge in [0.25, 0.3) is 0 Å². The summed E-state index contributed by atoms with van der Waals surface area (Å²) in [6.45, 7) is 4.09. The van der Waals surface area contributed by atoms with Crippen LogP contribution in [0.4, 0.5) is 0 Å². The molecule has 1 fully saturated rings. The van der Waals surface area contributed by atoms with E-state index in [1.807, 2.05) is 19.1 Å². The number of ether oxygens (including phenoxy) is 3. The number of rotatable bonds is 58. The van der Waals surface area contributed by atoms with Crippen LogP contribution in [0.5, 0.6) is 0 Å². The van der Waals surface area contributed by atoms with Crippen molar-refractivity contribution in [3.8, 4) is 0 Å². The van der Waals surface area contributed by atoms with Gasteiger partial charge in [-0.15, -0.1) is 0 Å². The first kappa shape index (κ1) is 75.4. The van der Waals surface area contributed by atoms with E-state index >= 15 is 0 Å². The van der Waals surface area contributed by atoms with Crippen LogP contribution in [0, 0.1) is 0 Å². The minimum Gasteiger partial charge on any atom is -0.466 e. The second kappa shape index (κ2) is 58.1. The Kier molecular flexibility index (Phi) is 54.8. The molecule has 11 heteroatoms. The lowest BCUT2D eigenvalue weighted by molar-refractivity contribution is -0.302. The van der Waals surface area contributed by atoms with E-state index in [1.54, 1.807) is 6.08 Å². The normalized spacial score (nSPS) is 18.7. The molecule has 7 unspecified atom stereocenters. The highest BCUT2D eigenvalue weighted by atomic mass is 16.7. The monoisotopic (exact) mass is 1130 g/mol. The molecular weight excluding hydrogens is 1000 g/mol. The lowest BCUT2D eigenvalue weighted by Gasteiger charge is -2.40. The summed E-state index contributed by atoms with van der Waals surface area (Å²) >= 11 is 0. The van der Waals surface area contributed by atoms with Crippen LogP contribution in [0.1, 0.15) is 303 Å². The number of carbonyl (C=O) groups excluding carboxylic acids is 2. The number of carbonyl (C=O) groups is 2. The maximum Gasteiger partial charge on any atom is 0.305 e. The average molecular weight is 1130 g/mol. The standard InChI is InChI=1S/C69H125NO10/c1-3-5-7-9-11-13-14-15-16-27-31-34-37-41-45-49-53-57-65(74)78-58-54-50-46-42-38-35-32-29-26-24-22-20-18-17-19-21-23-25-28-30-33-36-40-44-48-52-56-64(73)70-61(62(72)55-51-47-43-39-12-10-8-6-4-2)60-79-69-68(77)67(76)66(75)63(59-71)80-69/h4,6,12,15-17,19,39,51,55,61-63,66-69,71-72,75-77H,3,5,7-11,13-14,18,20-38,40-50,52-54,56-60H2,1-2H3,(H,70,73)/b6-4+,16-15-,19-17-,39-12+,55-51+. The number of hydrogen-bond donors (Lipinski definition) is 6. The molecule has 0 bridgehead atoms. The summed E-state index contributed by atoms with van der Waals surface area (Å²) in [4.78, 5) is 25.1. The molecule has 1 rings (SSSR count). The molecule has 1 aliphatic rings. The van der Waals surface area contributed by atoms with E-state index in [9.17, 15) is 35.1 Å². The summed E-state index contributed by atoms with van der Waals surface area (Å²) in [5, 5.41) is 54.2. The van der Waals surface area contributed by atoms with E-state index < -0.39 is 49.5 Å². The first-order valence-corrected chi connectivity index (χ1v) is 33.5. The third-order valence-corrected chi connectivity index (χ3v) is 15.6. The summed E-state index contributed by atoms with van der Waals surface area (Å²) in [7, 11) is 0. The van der Waals surface area contributed by atoms with E-state index in [2.05, 4.69) is 54.8 Å². The van der Waals surface area contributed by atoms with E-state index in [0.29, 0.717) is 19.4 Å². The number of esters is 1. The zero-order valence-corrected chi connectivity index (χ0v) is 51.5. The van der Waals surface area contributed by atoms with Crippen molar-refractivity contribution >= 4 is 11.9 Å². The van der Waals surface area contributed by atoms with Crippen molar-refractivity contribution in [2.75, 3.05) is 19.8 Å². The molecule has 80 heavy (non-hydrogen) atoms. The summed E-state index contributed by atoms with van der Waals surface area (Å²) in [6, 6.07) is -0.836. The average Bonchev–Trinajstić information content (AvgIpc) is 3.46. The quantitative estimate of drug-likeness (QED) is 0.0195. The number of hydrogen-bond acceptors (Lipinski definition) is 10. The number of unbranched alkanes of at least 4 members (excludes halogenated alkanes) is 37. The summed E-state index contributed by atoms with van der Waals surface area (Å²) < 4.78 is 16.7. The van der Waals surface area contributed by atoms with Gasteiger partial charge in [0, 0.05) is 12.8 Å². The van der Waals surface area contributed by atoms with Gasteiger partial charge in [-0.2, -0.15) is 0 Å². The molecule has 1 amide bonds. The molecule has 466 valence electrons. The van der Waals surface area contributed by atoms with Crippen LogP contribution in [0.2, 0.25) is 0 Å². The predicted molar refractivity (Wildman–Crippen MR) is 333 cm³/mol. The van der Waals surface area contributed by atoms with Gasteiger partial charge in [-0.1, -0.05) is 247 Å². The van der Waals surface area contributed by atoms with Crippen LogP contribution < -0.4 is 5.32 Å². The van der Waals surface area contributed by atoms with E-state index in [-0.39, 0.29) is 18.5 Å². The van der Waals surface area contributed by atoms with E-state index in [0.717, 1.165) is 70.6 Å². The minimum absolute atomic E-state index is 0.0000841. The topological polar surface area (TPSA) is 175 Å². The van der Waals surface area contributed by atoms with Crippen LogP contribution >= 0.6 is 0 Å². The Morgan fingerprint density at radius 1 is 0.475 bits per heavy atom. The lowest BCUT2D eigenvalue weighted by Crippen LogP contribution is -2.60. The van der Waals surface area contributed by atoms with E-state index in [4.69, 9.17) is 14.2 Å². The number of aliphatic hydroxyl groups excluding tert-OH is 5. The van der Waals surface area contributed by atoms with Crippen molar-refractivity contribution in [1.82, 2.24) is 5.32 Å². The third kappa shape index (κ3) is 46.8. The Bertz CT molecular complexity index is 1510. The molecule has 0 aliphatic carbocycles. The Labute approximate surface area is 490 Å². The molecule has 0 spiro atoms. The van der Waals surface area contributed by atoms with Crippen LogP contribution in [-0.2, 0) is 23.8 Å².